The molecule has 0 spiro atoms. The molecule has 0 amide bonds. The number of nitrogens with two attached hydrogens (primary N) is 1. The second-order valence-corrected chi connectivity index (χ2v) is 4.67. The lowest BCUT2D eigenvalue weighted by Crippen LogP contribution is -1.97. The van der Waals surface area contributed by atoms with Crippen LogP contribution in [0.1, 0.15) is 0 Å². The second-order valence-electron chi connectivity index (χ2n) is 4.67. The first-order valence-electron chi connectivity index (χ1n) is 6.58. The number of para-hydroxylation sites is 1. The highest BCUT2D eigenvalue weighted by molar-refractivity contribution is 5.89. The van der Waals surface area contributed by atoms with Crippen molar-refractivity contribution in [2.24, 2.45) is 7.05 Å². The van der Waals surface area contributed by atoms with Gasteiger partial charge in [0.05, 0.1) is 12.7 Å². The smallest absolute Gasteiger partial charge is 0.129 e. The fourth-order valence-electron chi connectivity index (χ4n) is 2.37. The molecule has 2 heterocycles. The predicted octanol–water partition coefficient (Wildman–Crippen LogP) is 2.74. The first-order chi connectivity index (χ1) is 10.2. The zero-order chi connectivity index (χ0) is 14.8. The highest BCUT2D eigenvalue weighted by atomic mass is 16.5. The van der Waals surface area contributed by atoms with Gasteiger partial charge in [0.2, 0.25) is 0 Å². The monoisotopic (exact) mass is 280 g/mol. The number of nitrogens with zero attached hydrogens (tertiary/aromatic N) is 3. The molecule has 0 aliphatic rings. The van der Waals surface area contributed by atoms with Crippen LogP contribution in [-0.2, 0) is 7.05 Å². The quantitative estimate of drug-likeness (QED) is 0.801. The van der Waals surface area contributed by atoms with E-state index in [-0.39, 0.29) is 0 Å². The van der Waals surface area contributed by atoms with Gasteiger partial charge in [0.15, 0.2) is 0 Å². The summed E-state index contributed by atoms with van der Waals surface area (Å²) >= 11 is 0. The van der Waals surface area contributed by atoms with Crippen LogP contribution in [0, 0.1) is 0 Å². The van der Waals surface area contributed by atoms with E-state index >= 15 is 0 Å². The molecule has 0 saturated carbocycles. The Labute approximate surface area is 123 Å². The number of methoxy groups -OCH3 is 1. The van der Waals surface area contributed by atoms with Crippen LogP contribution < -0.4 is 10.5 Å². The molecule has 3 rings (SSSR count). The number of nitrogen functional groups attached to an aromatic ring is 1. The highest BCUT2D eigenvalue weighted by Gasteiger charge is 2.19. The molecule has 5 heteroatoms. The number of anilines is 1. The lowest BCUT2D eigenvalue weighted by molar-refractivity contribution is 0.416. The lowest BCUT2D eigenvalue weighted by atomic mass is 10.0. The van der Waals surface area contributed by atoms with Crippen molar-refractivity contribution in [3.8, 4) is 28.1 Å². The lowest BCUT2D eigenvalue weighted by Gasteiger charge is -2.08. The molecular weight excluding hydrogens is 264 g/mol. The van der Waals surface area contributed by atoms with E-state index in [1.807, 2.05) is 43.4 Å². The molecule has 5 nitrogen and oxygen atoms in total. The molecule has 0 fully saturated rings. The highest BCUT2D eigenvalue weighted by Crippen LogP contribution is 2.39. The predicted molar refractivity (Wildman–Crippen MR) is 82.8 cm³/mol. The first kappa shape index (κ1) is 13.2. The third-order valence-corrected chi connectivity index (χ3v) is 3.42. The Morgan fingerprint density at radius 1 is 1.10 bits per heavy atom. The summed E-state index contributed by atoms with van der Waals surface area (Å²) in [6, 6.07) is 11.6. The van der Waals surface area contributed by atoms with Gasteiger partial charge >= 0.3 is 0 Å². The summed E-state index contributed by atoms with van der Waals surface area (Å²) in [5.41, 5.74) is 9.80. The Morgan fingerprint density at radius 2 is 1.81 bits per heavy atom. The molecule has 21 heavy (non-hydrogen) atoms. The summed E-state index contributed by atoms with van der Waals surface area (Å²) in [4.78, 5) is 4.05. The van der Waals surface area contributed by atoms with E-state index in [0.717, 1.165) is 28.1 Å². The summed E-state index contributed by atoms with van der Waals surface area (Å²) in [5.74, 6) is 1.38. The van der Waals surface area contributed by atoms with Crippen molar-refractivity contribution in [1.29, 1.82) is 0 Å². The first-order valence-corrected chi connectivity index (χ1v) is 6.58. The number of rotatable bonds is 3. The Balaban J connectivity index is 2.27. The number of hydrogen-bond donors (Lipinski definition) is 1. The molecule has 3 aromatic rings. The molecule has 0 radical (unpaired) electrons. The largest absolute Gasteiger partial charge is 0.496 e. The van der Waals surface area contributed by atoms with Crippen LogP contribution in [0.2, 0.25) is 0 Å². The van der Waals surface area contributed by atoms with E-state index in [4.69, 9.17) is 10.5 Å². The number of aryl methyl sites for hydroxylation is 1. The Kier molecular flexibility index (Phi) is 3.31. The van der Waals surface area contributed by atoms with Gasteiger partial charge < -0.3 is 10.5 Å². The number of aromatic nitrogens is 3. The maximum Gasteiger partial charge on any atom is 0.129 e. The summed E-state index contributed by atoms with van der Waals surface area (Å²) in [6.07, 6.45) is 3.49. The van der Waals surface area contributed by atoms with E-state index < -0.39 is 0 Å². The standard InChI is InChI=1S/C16H16N4O/c1-20-16(17)14(11-7-9-18-10-8-11)15(19-20)12-5-3-4-6-13(12)21-2/h3-10H,17H2,1-2H3. The van der Waals surface area contributed by atoms with Crippen molar-refractivity contribution in [3.63, 3.8) is 0 Å². The van der Waals surface area contributed by atoms with E-state index in [9.17, 15) is 0 Å². The Bertz CT molecular complexity index is 765. The average Bonchev–Trinajstić information content (AvgIpc) is 2.83. The maximum absolute atomic E-state index is 6.20. The van der Waals surface area contributed by atoms with Crippen LogP contribution in [0.5, 0.6) is 5.75 Å². The average molecular weight is 280 g/mol. The number of benzene rings is 1. The van der Waals surface area contributed by atoms with Gasteiger partial charge in [0.25, 0.3) is 0 Å². The second kappa shape index (κ2) is 5.28. The topological polar surface area (TPSA) is 66.0 Å². The van der Waals surface area contributed by atoms with Crippen molar-refractivity contribution in [3.05, 3.63) is 48.8 Å². The van der Waals surface area contributed by atoms with E-state index in [2.05, 4.69) is 10.1 Å². The third kappa shape index (κ3) is 2.23. The molecule has 2 aromatic heterocycles. The van der Waals surface area contributed by atoms with Gasteiger partial charge in [-0.15, -0.1) is 0 Å². The number of pyridine rings is 1. The summed E-state index contributed by atoms with van der Waals surface area (Å²) in [6.45, 7) is 0. The van der Waals surface area contributed by atoms with Gasteiger partial charge in [-0.25, -0.2) is 0 Å². The number of ether oxygens (including phenoxy) is 1. The van der Waals surface area contributed by atoms with Crippen molar-refractivity contribution in [2.75, 3.05) is 12.8 Å². The van der Waals surface area contributed by atoms with Crippen molar-refractivity contribution < 1.29 is 4.74 Å². The van der Waals surface area contributed by atoms with Crippen LogP contribution in [0.15, 0.2) is 48.8 Å². The third-order valence-electron chi connectivity index (χ3n) is 3.42. The molecule has 0 aliphatic carbocycles. The molecular formula is C16H16N4O. The van der Waals surface area contributed by atoms with Gasteiger partial charge in [-0.2, -0.15) is 5.10 Å². The van der Waals surface area contributed by atoms with Gasteiger partial charge in [-0.1, -0.05) is 12.1 Å². The van der Waals surface area contributed by atoms with Gasteiger partial charge in [-0.05, 0) is 29.8 Å². The fraction of sp³-hybridized carbons (Fsp3) is 0.125. The van der Waals surface area contributed by atoms with Crippen molar-refractivity contribution in [1.82, 2.24) is 14.8 Å². The molecule has 0 atom stereocenters. The Hall–Kier alpha value is -2.82. The maximum atomic E-state index is 6.20. The van der Waals surface area contributed by atoms with E-state index in [1.165, 1.54) is 0 Å². The van der Waals surface area contributed by atoms with Crippen LogP contribution in [0.25, 0.3) is 22.4 Å². The minimum atomic E-state index is 0.613. The minimum Gasteiger partial charge on any atom is -0.496 e. The zero-order valence-corrected chi connectivity index (χ0v) is 11.9. The summed E-state index contributed by atoms with van der Waals surface area (Å²) in [7, 11) is 3.48. The molecule has 1 aromatic carbocycles. The molecule has 2 N–H and O–H groups in total. The van der Waals surface area contributed by atoms with Gasteiger partial charge in [-0.3, -0.25) is 9.67 Å². The van der Waals surface area contributed by atoms with E-state index in [0.29, 0.717) is 5.82 Å². The van der Waals surface area contributed by atoms with Crippen molar-refractivity contribution in [2.45, 2.75) is 0 Å². The molecule has 0 saturated heterocycles. The normalized spacial score (nSPS) is 10.6. The summed E-state index contributed by atoms with van der Waals surface area (Å²) in [5, 5.41) is 4.56. The van der Waals surface area contributed by atoms with E-state index in [1.54, 1.807) is 24.2 Å². The van der Waals surface area contributed by atoms with Crippen LogP contribution in [0.3, 0.4) is 0 Å². The summed E-state index contributed by atoms with van der Waals surface area (Å²) < 4.78 is 7.12. The Morgan fingerprint density at radius 3 is 2.52 bits per heavy atom. The van der Waals surface area contributed by atoms with Crippen LogP contribution >= 0.6 is 0 Å². The fourth-order valence-corrected chi connectivity index (χ4v) is 2.37. The molecule has 0 unspecified atom stereocenters. The zero-order valence-electron chi connectivity index (χ0n) is 11.9. The molecule has 0 aliphatic heterocycles. The van der Waals surface area contributed by atoms with Crippen LogP contribution in [-0.4, -0.2) is 21.9 Å². The van der Waals surface area contributed by atoms with Crippen molar-refractivity contribution >= 4 is 5.82 Å². The molecule has 0 bridgehead atoms. The molecule has 106 valence electrons. The minimum absolute atomic E-state index is 0.613. The van der Waals surface area contributed by atoms with Gasteiger partial charge in [0, 0.05) is 25.0 Å². The number of hydrogen-bond acceptors (Lipinski definition) is 4. The van der Waals surface area contributed by atoms with Crippen LogP contribution in [0.4, 0.5) is 5.82 Å². The SMILES string of the molecule is COc1ccccc1-c1nn(C)c(N)c1-c1ccncc1. The van der Waals surface area contributed by atoms with Gasteiger partial charge in [0.1, 0.15) is 17.3 Å².